The first-order valence-electron chi connectivity index (χ1n) is 4.32. The predicted octanol–water partition coefficient (Wildman–Crippen LogP) is 1.08. The molecule has 0 fully saturated rings. The van der Waals surface area contributed by atoms with E-state index in [0.29, 0.717) is 11.1 Å². The number of nitrogens with zero attached hydrogens (tertiary/aromatic N) is 1. The Kier molecular flexibility index (Phi) is 2.19. The molecule has 0 saturated heterocycles. The van der Waals surface area contributed by atoms with Crippen molar-refractivity contribution >= 4 is 18.7 Å². The van der Waals surface area contributed by atoms with E-state index in [-0.39, 0.29) is 0 Å². The fourth-order valence-corrected chi connectivity index (χ4v) is 1.48. The lowest BCUT2D eigenvalue weighted by atomic mass is 9.69. The molecule has 0 bridgehead atoms. The number of aromatic nitrogens is 1. The van der Waals surface area contributed by atoms with Gasteiger partial charge in [-0.3, -0.25) is 4.98 Å². The summed E-state index contributed by atoms with van der Waals surface area (Å²) in [6, 6.07) is 1.52. The minimum atomic E-state index is -0.907. The molecular formula is C10H8BNO2. The molecule has 0 saturated carbocycles. The van der Waals surface area contributed by atoms with Gasteiger partial charge >= 0.3 is 5.97 Å². The lowest BCUT2D eigenvalue weighted by Crippen LogP contribution is -2.03. The van der Waals surface area contributed by atoms with Crippen LogP contribution in [0, 0.1) is 0 Å². The fourth-order valence-electron chi connectivity index (χ4n) is 1.48. The maximum atomic E-state index is 10.9. The largest absolute Gasteiger partial charge is 0.478 e. The van der Waals surface area contributed by atoms with E-state index in [9.17, 15) is 4.79 Å². The van der Waals surface area contributed by atoms with Crippen molar-refractivity contribution in [3.63, 3.8) is 0 Å². The molecule has 0 amide bonds. The van der Waals surface area contributed by atoms with Crippen LogP contribution < -0.4 is 0 Å². The van der Waals surface area contributed by atoms with Gasteiger partial charge in [0.05, 0.1) is 5.56 Å². The van der Waals surface area contributed by atoms with Gasteiger partial charge in [0, 0.05) is 18.0 Å². The molecule has 2 rings (SSSR count). The van der Waals surface area contributed by atoms with Crippen molar-refractivity contribution in [3.8, 4) is 0 Å². The van der Waals surface area contributed by atoms with E-state index in [0.717, 1.165) is 12.8 Å². The first-order valence-corrected chi connectivity index (χ1v) is 4.32. The molecule has 0 aliphatic carbocycles. The van der Waals surface area contributed by atoms with Gasteiger partial charge in [0.15, 0.2) is 7.28 Å². The third-order valence-electron chi connectivity index (χ3n) is 2.17. The Bertz CT molecular complexity index is 438. The number of rotatable bonds is 2. The highest BCUT2D eigenvalue weighted by atomic mass is 16.4. The average Bonchev–Trinajstić information content (AvgIpc) is 2.70. The van der Waals surface area contributed by atoms with Crippen molar-refractivity contribution in [1.29, 1.82) is 0 Å². The van der Waals surface area contributed by atoms with Gasteiger partial charge in [-0.1, -0.05) is 17.6 Å². The minimum absolute atomic E-state index is 0.315. The van der Waals surface area contributed by atoms with Gasteiger partial charge in [-0.25, -0.2) is 4.79 Å². The number of pyridine rings is 1. The van der Waals surface area contributed by atoms with Gasteiger partial charge in [0.2, 0.25) is 0 Å². The number of carboxylic acids is 1. The van der Waals surface area contributed by atoms with Crippen LogP contribution in [0.3, 0.4) is 0 Å². The van der Waals surface area contributed by atoms with Crippen LogP contribution in [-0.4, -0.2) is 23.3 Å². The summed E-state index contributed by atoms with van der Waals surface area (Å²) in [7, 11) is 0.784. The third-order valence-corrected chi connectivity index (χ3v) is 2.17. The van der Waals surface area contributed by atoms with E-state index in [2.05, 4.69) is 4.98 Å². The molecule has 3 nitrogen and oxygen atoms in total. The van der Waals surface area contributed by atoms with Crippen molar-refractivity contribution in [3.05, 3.63) is 47.7 Å². The Balaban J connectivity index is 2.47. The molecule has 1 N–H and O–H groups in total. The zero-order chi connectivity index (χ0) is 9.97. The minimum Gasteiger partial charge on any atom is -0.478 e. The molecule has 1 aromatic rings. The van der Waals surface area contributed by atoms with E-state index in [1.54, 1.807) is 6.20 Å². The number of hydrogen-bond donors (Lipinski definition) is 1. The first-order chi connectivity index (χ1) is 6.79. The summed E-state index contributed by atoms with van der Waals surface area (Å²) < 4.78 is 0. The van der Waals surface area contributed by atoms with Gasteiger partial charge in [0.25, 0.3) is 0 Å². The quantitative estimate of drug-likeness (QED) is 0.701. The highest BCUT2D eigenvalue weighted by molar-refractivity contribution is 6.67. The smallest absolute Gasteiger partial charge is 0.336 e. The van der Waals surface area contributed by atoms with E-state index in [4.69, 9.17) is 5.11 Å². The lowest BCUT2D eigenvalue weighted by Gasteiger charge is -2.04. The molecule has 0 unspecified atom stereocenters. The number of aromatic carboxylic acids is 1. The molecule has 2 heterocycles. The van der Waals surface area contributed by atoms with E-state index in [1.807, 2.05) is 18.1 Å². The third kappa shape index (κ3) is 1.46. The Morgan fingerprint density at radius 2 is 2.36 bits per heavy atom. The predicted molar refractivity (Wildman–Crippen MR) is 55.5 cm³/mol. The number of allylic oxidation sites excluding steroid dienone is 2. The van der Waals surface area contributed by atoms with Crippen LogP contribution in [0.5, 0.6) is 0 Å². The van der Waals surface area contributed by atoms with Crippen LogP contribution in [-0.2, 0) is 0 Å². The second kappa shape index (κ2) is 3.50. The summed E-state index contributed by atoms with van der Waals surface area (Å²) >= 11 is 0. The van der Waals surface area contributed by atoms with Crippen molar-refractivity contribution in [2.45, 2.75) is 0 Å². The molecule has 68 valence electrons. The normalized spacial score (nSPS) is 13.6. The van der Waals surface area contributed by atoms with E-state index in [1.165, 1.54) is 12.3 Å². The topological polar surface area (TPSA) is 50.2 Å². The maximum Gasteiger partial charge on any atom is 0.336 e. The van der Waals surface area contributed by atoms with Gasteiger partial charge in [-0.05, 0) is 6.07 Å². The molecule has 0 atom stereocenters. The van der Waals surface area contributed by atoms with Crippen molar-refractivity contribution < 1.29 is 9.90 Å². The number of carbonyl (C=O) groups is 1. The SMILES string of the molecule is O=C(O)c1ccncc1C1=CC=CB1. The highest BCUT2D eigenvalue weighted by Gasteiger charge is 2.13. The second-order valence-electron chi connectivity index (χ2n) is 3.05. The summed E-state index contributed by atoms with van der Waals surface area (Å²) in [5.41, 5.74) is 2.04. The average molecular weight is 185 g/mol. The van der Waals surface area contributed by atoms with Gasteiger partial charge in [-0.2, -0.15) is 0 Å². The number of hydrogen-bond acceptors (Lipinski definition) is 2. The Hall–Kier alpha value is -1.84. The molecule has 0 radical (unpaired) electrons. The summed E-state index contributed by atoms with van der Waals surface area (Å²) in [6.07, 6.45) is 6.94. The van der Waals surface area contributed by atoms with Crippen LogP contribution in [0.25, 0.3) is 5.47 Å². The first kappa shape index (κ1) is 8.75. The standard InChI is InChI=1S/C10H8BNO2/c13-10(14)7-3-5-12-6-8(7)9-2-1-4-11-9/h1-6,11H,(H,13,14). The second-order valence-corrected chi connectivity index (χ2v) is 3.05. The molecule has 0 spiro atoms. The van der Waals surface area contributed by atoms with Crippen LogP contribution in [0.2, 0.25) is 0 Å². The monoisotopic (exact) mass is 185 g/mol. The van der Waals surface area contributed by atoms with Crippen LogP contribution in [0.1, 0.15) is 15.9 Å². The summed E-state index contributed by atoms with van der Waals surface area (Å²) in [5.74, 6) is 1.09. The van der Waals surface area contributed by atoms with Crippen molar-refractivity contribution in [2.75, 3.05) is 0 Å². The summed E-state index contributed by atoms with van der Waals surface area (Å²) in [6.45, 7) is 0. The van der Waals surface area contributed by atoms with Crippen molar-refractivity contribution in [1.82, 2.24) is 4.98 Å². The van der Waals surface area contributed by atoms with E-state index < -0.39 is 5.97 Å². The molecule has 4 heteroatoms. The molecule has 1 aliphatic heterocycles. The highest BCUT2D eigenvalue weighted by Crippen LogP contribution is 2.20. The van der Waals surface area contributed by atoms with Gasteiger partial charge < -0.3 is 5.11 Å². The summed E-state index contributed by atoms with van der Waals surface area (Å²) in [5, 5.41) is 8.95. The lowest BCUT2D eigenvalue weighted by molar-refractivity contribution is 0.0696. The van der Waals surface area contributed by atoms with Crippen LogP contribution >= 0.6 is 0 Å². The molecule has 1 aromatic heterocycles. The maximum absolute atomic E-state index is 10.9. The zero-order valence-electron chi connectivity index (χ0n) is 7.47. The Labute approximate surface area is 82.0 Å². The molecular weight excluding hydrogens is 177 g/mol. The molecule has 14 heavy (non-hydrogen) atoms. The number of carboxylic acid groups (broad SMARTS) is 1. The van der Waals surface area contributed by atoms with Crippen LogP contribution in [0.4, 0.5) is 0 Å². The zero-order valence-corrected chi connectivity index (χ0v) is 7.47. The summed E-state index contributed by atoms with van der Waals surface area (Å²) in [4.78, 5) is 14.8. The van der Waals surface area contributed by atoms with Crippen LogP contribution in [0.15, 0.2) is 36.6 Å². The van der Waals surface area contributed by atoms with E-state index >= 15 is 0 Å². The molecule has 0 aromatic carbocycles. The van der Waals surface area contributed by atoms with Gasteiger partial charge in [-0.15, -0.1) is 5.98 Å². The Morgan fingerprint density at radius 3 is 3.00 bits per heavy atom. The Morgan fingerprint density at radius 1 is 1.50 bits per heavy atom. The molecule has 1 aliphatic rings. The van der Waals surface area contributed by atoms with Gasteiger partial charge in [0.1, 0.15) is 0 Å². The van der Waals surface area contributed by atoms with Crippen molar-refractivity contribution in [2.24, 2.45) is 0 Å². The fraction of sp³-hybridized carbons (Fsp3) is 0.